The van der Waals surface area contributed by atoms with Crippen LogP contribution in [-0.4, -0.2) is 74.0 Å². The van der Waals surface area contributed by atoms with Gasteiger partial charge in [0.1, 0.15) is 17.2 Å². The molecule has 0 saturated carbocycles. The molecule has 6 heterocycles. The van der Waals surface area contributed by atoms with Gasteiger partial charge in [0.25, 0.3) is 0 Å². The molecule has 4 aliphatic rings. The molecule has 1 N–H and O–H groups in total. The molecule has 12 nitrogen and oxygen atoms in total. The minimum atomic E-state index is -2.81. The minimum absolute atomic E-state index is 0.000350. The van der Waals surface area contributed by atoms with E-state index >= 15 is 8.78 Å². The molecule has 14 heteroatoms. The molecular weight excluding hydrogens is 851 g/mol. The van der Waals surface area contributed by atoms with E-state index in [2.05, 4.69) is 39.0 Å². The van der Waals surface area contributed by atoms with Crippen molar-refractivity contribution in [2.75, 3.05) is 36.0 Å². The Labute approximate surface area is 397 Å². The zero-order valence-corrected chi connectivity index (χ0v) is 37.6. The number of aryl methyl sites for hydroxylation is 2. The maximum Gasteiger partial charge on any atom is 0.411 e. The van der Waals surface area contributed by atoms with Gasteiger partial charge in [-0.2, -0.15) is 9.97 Å². The van der Waals surface area contributed by atoms with Gasteiger partial charge in [-0.05, 0) is 138 Å². The number of nitrogens with one attached hydrogen (secondary N) is 1. The maximum absolute atomic E-state index is 15.2. The summed E-state index contributed by atoms with van der Waals surface area (Å²) < 4.78 is 83.6. The largest absolute Gasteiger partial charge is 0.444 e. The number of ether oxygens (including phenoxy) is 1. The standard InChI is InChI=1S/C29H31FN4O3.C24H23FN4O/c1-29(2,3)37-28(36)33-17-7-10-20(33)16-15-19-9-5-13-23-21(19)11-8-18-34(23)26-25-22(30)12-6-14-24(25)32(4)27(35)31-26;1-28-21-11-3-9-19(25)22(21)23(27-24(28)30)29-15-5-8-18-16(6-2-10-20(18)29)12-13-17-7-4-14-26-17/h5-6,9,12-14,20H,7-8,10-11,17-18H2,1-4H3;2-3,6,9-11,17,26H,4-5,7-8,14-15H2,1H3/i4D3;1D3. The van der Waals surface area contributed by atoms with E-state index in [1.807, 2.05) is 62.1 Å². The Hall–Kier alpha value is -7.03. The van der Waals surface area contributed by atoms with Gasteiger partial charge in [0, 0.05) is 64.3 Å². The van der Waals surface area contributed by atoms with E-state index in [1.165, 1.54) is 36.4 Å². The average Bonchev–Trinajstić information content (AvgIpc) is 4.04. The first kappa shape index (κ1) is 38.1. The Morgan fingerprint density at radius 3 is 1.76 bits per heavy atom. The smallest absolute Gasteiger partial charge is 0.411 e. The Morgan fingerprint density at radius 1 is 0.716 bits per heavy atom. The zero-order chi connectivity index (χ0) is 52.0. The Bertz CT molecular complexity index is 3400. The summed E-state index contributed by atoms with van der Waals surface area (Å²) in [7, 11) is 0. The van der Waals surface area contributed by atoms with Crippen molar-refractivity contribution in [1.29, 1.82) is 0 Å². The summed E-state index contributed by atoms with van der Waals surface area (Å²) in [5, 5.41) is 3.37. The molecule has 67 heavy (non-hydrogen) atoms. The number of hydrogen-bond acceptors (Lipinski definition) is 9. The molecule has 6 aromatic rings. The highest BCUT2D eigenvalue weighted by Gasteiger charge is 2.32. The van der Waals surface area contributed by atoms with Crippen molar-refractivity contribution in [3.8, 4) is 23.7 Å². The summed E-state index contributed by atoms with van der Waals surface area (Å²) in [6.45, 7) is 2.47. The summed E-state index contributed by atoms with van der Waals surface area (Å²) in [5.74, 6) is 12.1. The van der Waals surface area contributed by atoms with E-state index in [0.29, 0.717) is 41.6 Å². The first-order valence-electron chi connectivity index (χ1n) is 25.7. The van der Waals surface area contributed by atoms with E-state index in [1.54, 1.807) is 9.80 Å². The number of carbonyl (C=O) groups excluding carboxylic acids is 1. The molecule has 2 unspecified atom stereocenters. The van der Waals surface area contributed by atoms with Crippen LogP contribution in [0, 0.1) is 35.3 Å². The van der Waals surface area contributed by atoms with Gasteiger partial charge in [-0.3, -0.25) is 14.0 Å². The van der Waals surface area contributed by atoms with Crippen LogP contribution in [0.15, 0.2) is 82.4 Å². The molecule has 0 spiro atoms. The molecule has 2 atom stereocenters. The lowest BCUT2D eigenvalue weighted by Crippen LogP contribution is -2.39. The van der Waals surface area contributed by atoms with Crippen LogP contribution >= 0.6 is 0 Å². The normalized spacial score (nSPS) is 19.4. The lowest BCUT2D eigenvalue weighted by molar-refractivity contribution is 0.0261. The summed E-state index contributed by atoms with van der Waals surface area (Å²) in [6, 6.07) is 19.4. The number of anilines is 4. The Balaban J connectivity index is 0.000000183. The lowest BCUT2D eigenvalue weighted by atomic mass is 9.96. The van der Waals surface area contributed by atoms with Gasteiger partial charge in [0.2, 0.25) is 0 Å². The number of fused-ring (bicyclic) bond motifs is 4. The fourth-order valence-electron chi connectivity index (χ4n) is 9.34. The number of hydrogen-bond donors (Lipinski definition) is 1. The summed E-state index contributed by atoms with van der Waals surface area (Å²) in [4.78, 5) is 51.8. The second kappa shape index (κ2) is 18.7. The highest BCUT2D eigenvalue weighted by atomic mass is 19.1. The highest BCUT2D eigenvalue weighted by molar-refractivity contribution is 5.94. The van der Waals surface area contributed by atoms with E-state index in [4.69, 9.17) is 13.0 Å². The molecule has 4 aromatic carbocycles. The topological polar surface area (TPSA) is 118 Å². The van der Waals surface area contributed by atoms with Crippen LogP contribution < -0.4 is 26.5 Å². The lowest BCUT2D eigenvalue weighted by Gasteiger charge is -2.32. The fraction of sp³-hybridized carbons (Fsp3) is 0.377. The van der Waals surface area contributed by atoms with E-state index in [-0.39, 0.29) is 51.6 Å². The number of aromatic nitrogens is 4. The molecule has 4 aliphatic heterocycles. The van der Waals surface area contributed by atoms with E-state index in [0.717, 1.165) is 78.7 Å². The average molecular weight is 911 g/mol. The van der Waals surface area contributed by atoms with E-state index in [9.17, 15) is 14.4 Å². The van der Waals surface area contributed by atoms with Gasteiger partial charge in [-0.15, -0.1) is 0 Å². The molecule has 2 saturated heterocycles. The van der Waals surface area contributed by atoms with E-state index < -0.39 is 42.6 Å². The molecule has 10 rings (SSSR count). The van der Waals surface area contributed by atoms with Gasteiger partial charge < -0.3 is 19.9 Å². The van der Waals surface area contributed by atoms with Gasteiger partial charge in [0.05, 0.1) is 33.9 Å². The third-order valence-electron chi connectivity index (χ3n) is 12.4. The number of halogens is 2. The van der Waals surface area contributed by atoms with Crippen LogP contribution in [0.2, 0.25) is 0 Å². The molecule has 2 aromatic heterocycles. The Morgan fingerprint density at radius 2 is 1.25 bits per heavy atom. The monoisotopic (exact) mass is 910 g/mol. The number of amides is 1. The molecule has 1 amide bonds. The predicted molar refractivity (Wildman–Crippen MR) is 258 cm³/mol. The summed E-state index contributed by atoms with van der Waals surface area (Å²) in [5.41, 5.74) is 2.65. The van der Waals surface area contributed by atoms with Crippen molar-refractivity contribution in [2.24, 2.45) is 14.0 Å². The zero-order valence-electron chi connectivity index (χ0n) is 43.6. The fourth-order valence-corrected chi connectivity index (χ4v) is 9.34. The first-order valence-corrected chi connectivity index (χ1v) is 22.7. The van der Waals surface area contributed by atoms with Gasteiger partial charge in [-0.25, -0.2) is 23.2 Å². The number of likely N-dealkylation sites (tertiary alicyclic amines) is 1. The second-order valence-corrected chi connectivity index (χ2v) is 18.0. The number of rotatable bonds is 2. The number of benzene rings is 4. The van der Waals surface area contributed by atoms with Crippen LogP contribution in [0.3, 0.4) is 0 Å². The van der Waals surface area contributed by atoms with Crippen molar-refractivity contribution >= 4 is 50.9 Å². The van der Waals surface area contributed by atoms with Crippen molar-refractivity contribution < 1.29 is 26.5 Å². The third kappa shape index (κ3) is 9.11. The van der Waals surface area contributed by atoms with Crippen LogP contribution in [0.25, 0.3) is 21.8 Å². The minimum Gasteiger partial charge on any atom is -0.444 e. The SMILES string of the molecule is [2H]C([2H])([2H])n1c(=O)nc(N2CCCc3c(C#CC4CCCN4)cccc32)c2c(F)cccc21.[2H]C([2H])([2H])n1c(=O)nc(N2CCCc3c(C#CC4CCCN4C(=O)OC(C)(C)C)cccc32)c2c(F)cccc21. The first-order chi connectivity index (χ1) is 34.7. The van der Waals surface area contributed by atoms with Crippen molar-refractivity contribution in [3.63, 3.8) is 0 Å². The molecule has 2 fully saturated rings. The van der Waals surface area contributed by atoms with Gasteiger partial charge in [0.15, 0.2) is 11.6 Å². The van der Waals surface area contributed by atoms with Crippen LogP contribution in [0.5, 0.6) is 0 Å². The Kier molecular flexibility index (Phi) is 10.6. The quantitative estimate of drug-likeness (QED) is 0.172. The predicted octanol–water partition coefficient (Wildman–Crippen LogP) is 8.17. The molecule has 0 radical (unpaired) electrons. The molecule has 0 bridgehead atoms. The maximum atomic E-state index is 15.2. The van der Waals surface area contributed by atoms with Crippen LogP contribution in [0.1, 0.15) is 89.8 Å². The van der Waals surface area contributed by atoms with Crippen molar-refractivity contribution in [2.45, 2.75) is 89.8 Å². The summed E-state index contributed by atoms with van der Waals surface area (Å²) >= 11 is 0. The molecule has 0 aliphatic carbocycles. The third-order valence-corrected chi connectivity index (χ3v) is 12.4. The van der Waals surface area contributed by atoms with Gasteiger partial charge >= 0.3 is 17.5 Å². The number of nitrogens with zero attached hydrogens (tertiary/aromatic N) is 7. The number of carbonyl (C=O) groups is 1. The molecular formula is C53H54F2N8O4. The summed E-state index contributed by atoms with van der Waals surface area (Å²) in [6.07, 6.45) is 6.35. The highest BCUT2D eigenvalue weighted by Crippen LogP contribution is 2.39. The second-order valence-electron chi connectivity index (χ2n) is 18.0. The van der Waals surface area contributed by atoms with Crippen LogP contribution in [-0.2, 0) is 31.5 Å². The van der Waals surface area contributed by atoms with Crippen molar-refractivity contribution in [1.82, 2.24) is 29.3 Å². The van der Waals surface area contributed by atoms with Gasteiger partial charge in [-0.1, -0.05) is 47.9 Å². The van der Waals surface area contributed by atoms with Crippen molar-refractivity contribution in [3.05, 3.63) is 128 Å². The van der Waals surface area contributed by atoms with Crippen LogP contribution in [0.4, 0.5) is 36.6 Å². The molecule has 344 valence electrons.